The molecule has 5 heteroatoms. The average Bonchev–Trinajstić information content (AvgIpc) is 3.00. The summed E-state index contributed by atoms with van der Waals surface area (Å²) in [5.74, 6) is -0.160. The van der Waals surface area contributed by atoms with Gasteiger partial charge in [-0.25, -0.2) is 0 Å². The van der Waals surface area contributed by atoms with Gasteiger partial charge in [-0.15, -0.1) is 0 Å². The first-order chi connectivity index (χ1) is 8.70. The summed E-state index contributed by atoms with van der Waals surface area (Å²) in [5, 5.41) is 16.0. The molecule has 1 fully saturated rings. The molecule has 0 aliphatic heterocycles. The van der Waals surface area contributed by atoms with Crippen molar-refractivity contribution in [3.63, 3.8) is 0 Å². The van der Waals surface area contributed by atoms with Gasteiger partial charge in [-0.05, 0) is 32.3 Å². The third-order valence-electron chi connectivity index (χ3n) is 3.48. The molecular weight excluding hydrogens is 230 g/mol. The van der Waals surface area contributed by atoms with Crippen LogP contribution < -0.4 is 5.32 Å². The molecule has 1 amide bonds. The van der Waals surface area contributed by atoms with E-state index < -0.39 is 0 Å². The smallest absolute Gasteiger partial charge is 0.271 e. The van der Waals surface area contributed by atoms with Crippen LogP contribution in [0.2, 0.25) is 0 Å². The average molecular weight is 251 g/mol. The second-order valence-electron chi connectivity index (χ2n) is 5.01. The Hall–Kier alpha value is -1.36. The van der Waals surface area contributed by atoms with Crippen molar-refractivity contribution in [2.75, 3.05) is 6.61 Å². The third kappa shape index (κ3) is 3.10. The van der Waals surface area contributed by atoms with E-state index in [2.05, 4.69) is 10.4 Å². The van der Waals surface area contributed by atoms with Gasteiger partial charge in [-0.3, -0.25) is 9.48 Å². The fraction of sp³-hybridized carbons (Fsp3) is 0.692. The summed E-state index contributed by atoms with van der Waals surface area (Å²) in [6.45, 7) is 1.96. The van der Waals surface area contributed by atoms with Crippen molar-refractivity contribution in [3.05, 3.63) is 18.0 Å². The summed E-state index contributed by atoms with van der Waals surface area (Å²) in [5.41, 5.74) is 0.465. The molecule has 18 heavy (non-hydrogen) atoms. The van der Waals surface area contributed by atoms with E-state index in [4.69, 9.17) is 5.11 Å². The van der Waals surface area contributed by atoms with Crippen LogP contribution in [0.25, 0.3) is 0 Å². The second-order valence-corrected chi connectivity index (χ2v) is 5.01. The van der Waals surface area contributed by atoms with E-state index in [0.717, 1.165) is 12.8 Å². The third-order valence-corrected chi connectivity index (χ3v) is 3.48. The molecule has 2 rings (SSSR count). The highest BCUT2D eigenvalue weighted by Gasteiger charge is 2.19. The molecule has 1 aliphatic rings. The highest BCUT2D eigenvalue weighted by Crippen LogP contribution is 2.28. The lowest BCUT2D eigenvalue weighted by Gasteiger charge is -2.11. The topological polar surface area (TPSA) is 67.2 Å². The second kappa shape index (κ2) is 6.00. The van der Waals surface area contributed by atoms with Gasteiger partial charge in [0.1, 0.15) is 5.69 Å². The number of hydrogen-bond donors (Lipinski definition) is 2. The van der Waals surface area contributed by atoms with Crippen molar-refractivity contribution < 1.29 is 9.90 Å². The molecule has 0 radical (unpaired) electrons. The molecule has 0 bridgehead atoms. The highest BCUT2D eigenvalue weighted by molar-refractivity contribution is 5.92. The summed E-state index contributed by atoms with van der Waals surface area (Å²) >= 11 is 0. The molecule has 1 saturated carbocycles. The molecule has 0 spiro atoms. The van der Waals surface area contributed by atoms with Crippen LogP contribution in [0.1, 0.15) is 55.6 Å². The summed E-state index contributed by atoms with van der Waals surface area (Å²) in [7, 11) is 0. The Morgan fingerprint density at radius 2 is 2.33 bits per heavy atom. The number of aliphatic hydroxyl groups excluding tert-OH is 1. The van der Waals surface area contributed by atoms with E-state index in [0.29, 0.717) is 18.2 Å². The molecule has 0 aromatic carbocycles. The van der Waals surface area contributed by atoms with Crippen LogP contribution in [-0.4, -0.2) is 33.4 Å². The van der Waals surface area contributed by atoms with Gasteiger partial charge in [0.05, 0.1) is 6.04 Å². The summed E-state index contributed by atoms with van der Waals surface area (Å²) < 4.78 is 1.92. The fourth-order valence-corrected chi connectivity index (χ4v) is 2.39. The van der Waals surface area contributed by atoms with Crippen LogP contribution >= 0.6 is 0 Å². The monoisotopic (exact) mass is 251 g/mol. The minimum Gasteiger partial charge on any atom is -0.396 e. The molecule has 1 unspecified atom stereocenters. The predicted octanol–water partition coefficient (Wildman–Crippen LogP) is 1.50. The van der Waals surface area contributed by atoms with E-state index >= 15 is 0 Å². The maximum absolute atomic E-state index is 11.9. The van der Waals surface area contributed by atoms with E-state index in [1.807, 2.05) is 17.8 Å². The minimum absolute atomic E-state index is 0.0286. The number of carbonyl (C=O) groups excluding carboxylic acids is 1. The van der Waals surface area contributed by atoms with E-state index in [1.165, 1.54) is 12.8 Å². The quantitative estimate of drug-likeness (QED) is 0.833. The SMILES string of the molecule is CC(CCO)NC(=O)c1ccn(C2CCCC2)n1. The van der Waals surface area contributed by atoms with Gasteiger partial charge in [-0.2, -0.15) is 5.10 Å². The number of hydrogen-bond acceptors (Lipinski definition) is 3. The largest absolute Gasteiger partial charge is 0.396 e. The van der Waals surface area contributed by atoms with Crippen LogP contribution in [0.15, 0.2) is 12.3 Å². The first kappa shape index (κ1) is 13.1. The molecule has 1 aromatic rings. The maximum atomic E-state index is 11.9. The van der Waals surface area contributed by atoms with Gasteiger partial charge >= 0.3 is 0 Å². The Morgan fingerprint density at radius 1 is 1.61 bits per heavy atom. The number of carbonyl (C=O) groups is 1. The number of aromatic nitrogens is 2. The molecule has 1 heterocycles. The zero-order valence-corrected chi connectivity index (χ0v) is 10.8. The molecule has 2 N–H and O–H groups in total. The zero-order valence-electron chi connectivity index (χ0n) is 10.8. The van der Waals surface area contributed by atoms with Crippen molar-refractivity contribution in [3.8, 4) is 0 Å². The lowest BCUT2D eigenvalue weighted by Crippen LogP contribution is -2.33. The van der Waals surface area contributed by atoms with Gasteiger partial charge < -0.3 is 10.4 Å². The van der Waals surface area contributed by atoms with Gasteiger partial charge in [0.15, 0.2) is 0 Å². The lowest BCUT2D eigenvalue weighted by atomic mass is 10.2. The molecule has 1 atom stereocenters. The summed E-state index contributed by atoms with van der Waals surface area (Å²) in [4.78, 5) is 11.9. The van der Waals surface area contributed by atoms with Crippen LogP contribution in [0.5, 0.6) is 0 Å². The van der Waals surface area contributed by atoms with Crippen molar-refractivity contribution in [1.29, 1.82) is 0 Å². The van der Waals surface area contributed by atoms with Gasteiger partial charge in [0.25, 0.3) is 5.91 Å². The standard InChI is InChI=1S/C13H21N3O2/c1-10(7-9-17)14-13(18)12-6-8-16(15-12)11-4-2-3-5-11/h6,8,10-11,17H,2-5,7,9H2,1H3,(H,14,18). The van der Waals surface area contributed by atoms with Crippen LogP contribution in [0.3, 0.4) is 0 Å². The first-order valence-electron chi connectivity index (χ1n) is 6.67. The predicted molar refractivity (Wildman–Crippen MR) is 68.4 cm³/mol. The normalized spacial score (nSPS) is 17.9. The Balaban J connectivity index is 1.94. The Morgan fingerprint density at radius 3 is 3.00 bits per heavy atom. The summed E-state index contributed by atoms with van der Waals surface area (Å²) in [6, 6.07) is 2.19. The van der Waals surface area contributed by atoms with Gasteiger partial charge in [0.2, 0.25) is 0 Å². The van der Waals surface area contributed by atoms with Crippen molar-refractivity contribution in [2.24, 2.45) is 0 Å². The highest BCUT2D eigenvalue weighted by atomic mass is 16.3. The maximum Gasteiger partial charge on any atom is 0.271 e. The Labute approximate surface area is 107 Å². The van der Waals surface area contributed by atoms with E-state index in [-0.39, 0.29) is 18.6 Å². The number of nitrogens with one attached hydrogen (secondary N) is 1. The number of nitrogens with zero attached hydrogens (tertiary/aromatic N) is 2. The molecular formula is C13H21N3O2. The number of rotatable bonds is 5. The first-order valence-corrected chi connectivity index (χ1v) is 6.67. The molecule has 1 aromatic heterocycles. The van der Waals surface area contributed by atoms with Crippen molar-refractivity contribution in [2.45, 2.75) is 51.1 Å². The Kier molecular flexibility index (Phi) is 4.36. The lowest BCUT2D eigenvalue weighted by molar-refractivity contribution is 0.0928. The molecule has 1 aliphatic carbocycles. The van der Waals surface area contributed by atoms with Crippen molar-refractivity contribution in [1.82, 2.24) is 15.1 Å². The molecule has 0 saturated heterocycles. The van der Waals surface area contributed by atoms with Crippen LogP contribution in [0.4, 0.5) is 0 Å². The summed E-state index contributed by atoms with van der Waals surface area (Å²) in [6.07, 6.45) is 7.27. The number of aliphatic hydroxyl groups is 1. The van der Waals surface area contributed by atoms with Gasteiger partial charge in [-0.1, -0.05) is 12.8 Å². The minimum atomic E-state index is -0.160. The molecule has 5 nitrogen and oxygen atoms in total. The van der Waals surface area contributed by atoms with Crippen LogP contribution in [-0.2, 0) is 0 Å². The zero-order chi connectivity index (χ0) is 13.0. The Bertz CT molecular complexity index is 397. The van der Waals surface area contributed by atoms with Gasteiger partial charge in [0, 0.05) is 18.8 Å². The van der Waals surface area contributed by atoms with E-state index in [9.17, 15) is 4.79 Å². The number of amides is 1. The molecule has 100 valence electrons. The van der Waals surface area contributed by atoms with Crippen LogP contribution in [0, 0.1) is 0 Å². The van der Waals surface area contributed by atoms with Crippen molar-refractivity contribution >= 4 is 5.91 Å². The fourth-order valence-electron chi connectivity index (χ4n) is 2.39. The van der Waals surface area contributed by atoms with E-state index in [1.54, 1.807) is 6.07 Å².